The summed E-state index contributed by atoms with van der Waals surface area (Å²) in [6.07, 6.45) is 0. The summed E-state index contributed by atoms with van der Waals surface area (Å²) in [5.41, 5.74) is 1.67. The predicted molar refractivity (Wildman–Crippen MR) is 82.3 cm³/mol. The first-order chi connectivity index (χ1) is 9.60. The molecule has 1 N–H and O–H groups in total. The quantitative estimate of drug-likeness (QED) is 0.907. The van der Waals surface area contributed by atoms with Crippen molar-refractivity contribution in [1.82, 2.24) is 0 Å². The summed E-state index contributed by atoms with van der Waals surface area (Å²) in [6, 6.07) is 10.7. The van der Waals surface area contributed by atoms with Crippen LogP contribution in [-0.4, -0.2) is 12.5 Å². The van der Waals surface area contributed by atoms with Crippen LogP contribution in [0.3, 0.4) is 0 Å². The van der Waals surface area contributed by atoms with E-state index in [1.807, 2.05) is 19.1 Å². The summed E-state index contributed by atoms with van der Waals surface area (Å²) in [6.45, 7) is 1.92. The van der Waals surface area contributed by atoms with Gasteiger partial charge in [-0.2, -0.15) is 5.26 Å². The van der Waals surface area contributed by atoms with Gasteiger partial charge in [0.15, 0.2) is 6.61 Å². The fourth-order valence-electron chi connectivity index (χ4n) is 1.54. The zero-order valence-corrected chi connectivity index (χ0v) is 13.0. The second-order valence-corrected chi connectivity index (χ2v) is 6.37. The summed E-state index contributed by atoms with van der Waals surface area (Å²) in [7, 11) is 0. The Morgan fingerprint density at radius 3 is 2.95 bits per heavy atom. The number of hydrogen-bond acceptors (Lipinski definition) is 4. The molecule has 0 atom stereocenters. The Hall–Kier alpha value is -1.84. The molecule has 1 aromatic carbocycles. The maximum Gasteiger partial charge on any atom is 0.265 e. The van der Waals surface area contributed by atoms with E-state index in [4.69, 9.17) is 10.00 Å². The second-order valence-electron chi connectivity index (χ2n) is 4.00. The van der Waals surface area contributed by atoms with Gasteiger partial charge in [-0.05, 0) is 46.6 Å². The van der Waals surface area contributed by atoms with Crippen molar-refractivity contribution >= 4 is 38.9 Å². The Balaban J connectivity index is 2.09. The number of benzene rings is 1. The molecule has 4 nitrogen and oxygen atoms in total. The van der Waals surface area contributed by atoms with Gasteiger partial charge in [-0.25, -0.2) is 0 Å². The van der Waals surface area contributed by atoms with Crippen molar-refractivity contribution in [1.29, 1.82) is 5.26 Å². The highest BCUT2D eigenvalue weighted by atomic mass is 79.9. The monoisotopic (exact) mass is 350 g/mol. The molecule has 2 rings (SSSR count). The Kier molecular flexibility index (Phi) is 4.77. The Morgan fingerprint density at radius 1 is 1.50 bits per heavy atom. The van der Waals surface area contributed by atoms with Crippen molar-refractivity contribution in [3.63, 3.8) is 0 Å². The molecule has 0 spiro atoms. The van der Waals surface area contributed by atoms with E-state index in [0.29, 0.717) is 16.3 Å². The first-order valence-corrected chi connectivity index (χ1v) is 7.38. The number of nitriles is 1. The zero-order valence-electron chi connectivity index (χ0n) is 10.6. The smallest absolute Gasteiger partial charge is 0.265 e. The van der Waals surface area contributed by atoms with Crippen LogP contribution in [-0.2, 0) is 0 Å². The minimum Gasteiger partial charge on any atom is -0.479 e. The van der Waals surface area contributed by atoms with E-state index in [1.54, 1.807) is 24.3 Å². The van der Waals surface area contributed by atoms with Gasteiger partial charge >= 0.3 is 0 Å². The second kappa shape index (κ2) is 6.55. The number of nitrogens with one attached hydrogen (secondary N) is 1. The third-order valence-electron chi connectivity index (χ3n) is 2.48. The summed E-state index contributed by atoms with van der Waals surface area (Å²) < 4.78 is 6.14. The first-order valence-electron chi connectivity index (χ1n) is 5.77. The molecule has 20 heavy (non-hydrogen) atoms. The molecule has 6 heteroatoms. The van der Waals surface area contributed by atoms with E-state index in [1.165, 1.54) is 11.3 Å². The molecule has 102 valence electrons. The van der Waals surface area contributed by atoms with Gasteiger partial charge in [0.2, 0.25) is 0 Å². The maximum absolute atomic E-state index is 12.1. The van der Waals surface area contributed by atoms with Crippen molar-refractivity contribution in [3.8, 4) is 11.8 Å². The van der Waals surface area contributed by atoms with Crippen LogP contribution in [0.1, 0.15) is 15.2 Å². The molecular formula is C14H11BrN2O2S. The van der Waals surface area contributed by atoms with Gasteiger partial charge in [-0.15, -0.1) is 11.3 Å². The van der Waals surface area contributed by atoms with Gasteiger partial charge in [-0.3, -0.25) is 4.79 Å². The van der Waals surface area contributed by atoms with Crippen LogP contribution in [0.4, 0.5) is 5.69 Å². The minimum absolute atomic E-state index is 0.0194. The molecule has 1 amide bonds. The lowest BCUT2D eigenvalue weighted by Crippen LogP contribution is -2.10. The number of nitrogens with zero attached hydrogens (tertiary/aromatic N) is 1. The van der Waals surface area contributed by atoms with Crippen molar-refractivity contribution in [2.45, 2.75) is 6.92 Å². The van der Waals surface area contributed by atoms with Crippen LogP contribution >= 0.6 is 27.3 Å². The standard InChI is InChI=1S/C14H11BrN2O2S/c1-9-7-12(20-13(9)15)14(18)17-10-3-2-4-11(8-10)19-6-5-16/h2-4,7-8H,6H2,1H3,(H,17,18). The highest BCUT2D eigenvalue weighted by Gasteiger charge is 2.11. The molecule has 1 aromatic heterocycles. The third-order valence-corrected chi connectivity index (χ3v) is 4.61. The number of carbonyl (C=O) groups is 1. The summed E-state index contributed by atoms with van der Waals surface area (Å²) >= 11 is 4.79. The van der Waals surface area contributed by atoms with E-state index in [9.17, 15) is 4.79 Å². The normalized spacial score (nSPS) is 9.85. The minimum atomic E-state index is -0.166. The molecule has 0 bridgehead atoms. The van der Waals surface area contributed by atoms with Gasteiger partial charge in [0.25, 0.3) is 5.91 Å². The lowest BCUT2D eigenvalue weighted by atomic mass is 10.3. The van der Waals surface area contributed by atoms with Crippen molar-refractivity contribution in [2.24, 2.45) is 0 Å². The molecular weight excluding hydrogens is 340 g/mol. The lowest BCUT2D eigenvalue weighted by molar-refractivity contribution is 0.103. The molecule has 2 aromatic rings. The highest BCUT2D eigenvalue weighted by molar-refractivity contribution is 9.11. The number of thiophene rings is 1. The highest BCUT2D eigenvalue weighted by Crippen LogP contribution is 2.28. The molecule has 0 aliphatic rings. The largest absolute Gasteiger partial charge is 0.479 e. The molecule has 1 heterocycles. The molecule has 0 fully saturated rings. The SMILES string of the molecule is Cc1cc(C(=O)Nc2cccc(OCC#N)c2)sc1Br. The summed E-state index contributed by atoms with van der Waals surface area (Å²) in [5, 5.41) is 11.3. The van der Waals surface area contributed by atoms with Crippen LogP contribution < -0.4 is 10.1 Å². The van der Waals surface area contributed by atoms with Gasteiger partial charge in [0.1, 0.15) is 11.8 Å². The van der Waals surface area contributed by atoms with Crippen LogP contribution in [0.2, 0.25) is 0 Å². The first kappa shape index (κ1) is 14.6. The summed E-state index contributed by atoms with van der Waals surface area (Å²) in [5.74, 6) is 0.383. The molecule has 0 aliphatic carbocycles. The lowest BCUT2D eigenvalue weighted by Gasteiger charge is -2.06. The van der Waals surface area contributed by atoms with Gasteiger partial charge < -0.3 is 10.1 Å². The van der Waals surface area contributed by atoms with Gasteiger partial charge in [0, 0.05) is 11.8 Å². The molecule has 0 radical (unpaired) electrons. The van der Waals surface area contributed by atoms with E-state index in [0.717, 1.165) is 9.35 Å². The number of hydrogen-bond donors (Lipinski definition) is 1. The molecule has 0 saturated carbocycles. The fraction of sp³-hybridized carbons (Fsp3) is 0.143. The number of aryl methyl sites for hydroxylation is 1. The third kappa shape index (κ3) is 3.59. The predicted octanol–water partition coefficient (Wildman–Crippen LogP) is 3.97. The van der Waals surface area contributed by atoms with Crippen LogP contribution in [0.15, 0.2) is 34.1 Å². The fourth-order valence-corrected chi connectivity index (χ4v) is 2.97. The molecule has 0 unspecified atom stereocenters. The Bertz CT molecular complexity index is 657. The van der Waals surface area contributed by atoms with E-state index in [2.05, 4.69) is 21.2 Å². The number of amides is 1. The van der Waals surface area contributed by atoms with Crippen molar-refractivity contribution < 1.29 is 9.53 Å². The number of anilines is 1. The summed E-state index contributed by atoms with van der Waals surface area (Å²) in [4.78, 5) is 12.7. The zero-order chi connectivity index (χ0) is 14.5. The number of carbonyl (C=O) groups excluding carboxylic acids is 1. The van der Waals surface area contributed by atoms with Crippen molar-refractivity contribution in [2.75, 3.05) is 11.9 Å². The number of halogens is 1. The van der Waals surface area contributed by atoms with Crippen LogP contribution in [0, 0.1) is 18.3 Å². The van der Waals surface area contributed by atoms with Gasteiger partial charge in [0.05, 0.1) is 8.66 Å². The number of rotatable bonds is 4. The average molecular weight is 351 g/mol. The van der Waals surface area contributed by atoms with Crippen LogP contribution in [0.5, 0.6) is 5.75 Å². The van der Waals surface area contributed by atoms with Crippen LogP contribution in [0.25, 0.3) is 0 Å². The van der Waals surface area contributed by atoms with Crippen molar-refractivity contribution in [3.05, 3.63) is 44.6 Å². The van der Waals surface area contributed by atoms with E-state index >= 15 is 0 Å². The van der Waals surface area contributed by atoms with E-state index in [-0.39, 0.29) is 12.5 Å². The Morgan fingerprint density at radius 2 is 2.30 bits per heavy atom. The number of ether oxygens (including phenoxy) is 1. The molecule has 0 saturated heterocycles. The van der Waals surface area contributed by atoms with Gasteiger partial charge in [-0.1, -0.05) is 6.07 Å². The van der Waals surface area contributed by atoms with E-state index < -0.39 is 0 Å². The maximum atomic E-state index is 12.1. The molecule has 0 aliphatic heterocycles. The topological polar surface area (TPSA) is 62.1 Å². The Labute approximate surface area is 129 Å². The average Bonchev–Trinajstić information content (AvgIpc) is 2.77.